The quantitative estimate of drug-likeness (QED) is 0.792. The summed E-state index contributed by atoms with van der Waals surface area (Å²) in [5.74, 6) is -4.00. The number of amides is 1. The van der Waals surface area contributed by atoms with E-state index in [4.69, 9.17) is 0 Å². The molecule has 2 aromatic rings. The maximum absolute atomic E-state index is 12.8. The lowest BCUT2D eigenvalue weighted by molar-refractivity contribution is -0.117. The van der Waals surface area contributed by atoms with Crippen molar-refractivity contribution in [3.63, 3.8) is 0 Å². The molecule has 11 heteroatoms. The molecule has 1 saturated heterocycles. The van der Waals surface area contributed by atoms with Crippen LogP contribution in [-0.2, 0) is 14.6 Å². The Morgan fingerprint density at radius 2 is 1.96 bits per heavy atom. The van der Waals surface area contributed by atoms with E-state index in [0.717, 1.165) is 18.9 Å². The lowest BCUT2D eigenvalue weighted by atomic mass is 10.1. The number of likely N-dealkylation sites (tertiary alicyclic amines) is 1. The number of hydrogen-bond donors (Lipinski definition) is 1. The molecule has 1 aromatic carbocycles. The van der Waals surface area contributed by atoms with Gasteiger partial charge in [-0.1, -0.05) is 12.1 Å². The van der Waals surface area contributed by atoms with Gasteiger partial charge in [-0.3, -0.25) is 9.69 Å². The summed E-state index contributed by atoms with van der Waals surface area (Å²) in [7, 11) is -4.80. The number of alkyl halides is 2. The van der Waals surface area contributed by atoms with Gasteiger partial charge < -0.3 is 5.32 Å². The first-order valence-corrected chi connectivity index (χ1v) is 9.90. The summed E-state index contributed by atoms with van der Waals surface area (Å²) in [6, 6.07) is 5.39. The SMILES string of the molecule is O=C(CN1CCC(n2cncn2)CC1)Nc1ccccc1S(=O)(=O)C(F)F. The van der Waals surface area contributed by atoms with Crippen molar-refractivity contribution in [1.29, 1.82) is 0 Å². The Balaban J connectivity index is 1.59. The molecule has 146 valence electrons. The Kier molecular flexibility index (Phi) is 5.80. The van der Waals surface area contributed by atoms with Crippen LogP contribution in [0.25, 0.3) is 0 Å². The number of hydrogen-bond acceptors (Lipinski definition) is 6. The Morgan fingerprint density at radius 3 is 2.59 bits per heavy atom. The molecule has 8 nitrogen and oxygen atoms in total. The van der Waals surface area contributed by atoms with Gasteiger partial charge >= 0.3 is 5.76 Å². The number of nitrogens with zero attached hydrogens (tertiary/aromatic N) is 4. The van der Waals surface area contributed by atoms with E-state index < -0.39 is 26.4 Å². The zero-order chi connectivity index (χ0) is 19.4. The van der Waals surface area contributed by atoms with Crippen LogP contribution in [0.5, 0.6) is 0 Å². The number of carbonyl (C=O) groups is 1. The Hall–Kier alpha value is -2.40. The molecule has 0 radical (unpaired) electrons. The van der Waals surface area contributed by atoms with Crippen LogP contribution in [0, 0.1) is 0 Å². The van der Waals surface area contributed by atoms with Gasteiger partial charge in [0.25, 0.3) is 0 Å². The fourth-order valence-electron chi connectivity index (χ4n) is 3.05. The Bertz CT molecular complexity index is 881. The number of carbonyl (C=O) groups excluding carboxylic acids is 1. The van der Waals surface area contributed by atoms with Gasteiger partial charge in [-0.25, -0.2) is 18.1 Å². The number of para-hydroxylation sites is 1. The molecule has 0 aliphatic carbocycles. The predicted molar refractivity (Wildman–Crippen MR) is 93.0 cm³/mol. The summed E-state index contributed by atoms with van der Waals surface area (Å²) in [5, 5.41) is 6.56. The highest BCUT2D eigenvalue weighted by atomic mass is 32.2. The highest BCUT2D eigenvalue weighted by Crippen LogP contribution is 2.26. The van der Waals surface area contributed by atoms with E-state index in [1.165, 1.54) is 24.5 Å². The minimum absolute atomic E-state index is 0.0487. The van der Waals surface area contributed by atoms with Gasteiger partial charge in [-0.2, -0.15) is 13.9 Å². The van der Waals surface area contributed by atoms with Crippen LogP contribution < -0.4 is 5.32 Å². The number of rotatable bonds is 6. The molecule has 0 unspecified atom stereocenters. The van der Waals surface area contributed by atoms with Crippen molar-refractivity contribution in [3.8, 4) is 0 Å². The third-order valence-electron chi connectivity index (χ3n) is 4.44. The molecule has 2 heterocycles. The molecule has 1 aromatic heterocycles. The first-order chi connectivity index (χ1) is 12.9. The van der Waals surface area contributed by atoms with E-state index in [0.29, 0.717) is 13.1 Å². The predicted octanol–water partition coefficient (Wildman–Crippen LogP) is 1.55. The molecule has 0 bridgehead atoms. The summed E-state index contributed by atoms with van der Waals surface area (Å²) >= 11 is 0. The van der Waals surface area contributed by atoms with Gasteiger partial charge in [0.05, 0.1) is 23.2 Å². The van der Waals surface area contributed by atoms with Crippen LogP contribution >= 0.6 is 0 Å². The lowest BCUT2D eigenvalue weighted by Crippen LogP contribution is -2.40. The summed E-state index contributed by atoms with van der Waals surface area (Å²) in [6.07, 6.45) is 4.73. The van der Waals surface area contributed by atoms with E-state index >= 15 is 0 Å². The second-order valence-corrected chi connectivity index (χ2v) is 8.12. The second-order valence-electron chi connectivity index (χ2n) is 6.23. The number of piperidine rings is 1. The zero-order valence-electron chi connectivity index (χ0n) is 14.3. The average molecular weight is 399 g/mol. The van der Waals surface area contributed by atoms with Crippen molar-refractivity contribution < 1.29 is 22.0 Å². The maximum Gasteiger partial charge on any atom is 0.341 e. The van der Waals surface area contributed by atoms with E-state index in [1.807, 2.05) is 4.90 Å². The van der Waals surface area contributed by atoms with Gasteiger partial charge in [0.2, 0.25) is 15.7 Å². The summed E-state index contributed by atoms with van der Waals surface area (Å²) < 4.78 is 50.9. The standard InChI is InChI=1S/C16H19F2N5O3S/c17-16(18)27(25,26)14-4-2-1-3-13(14)21-15(24)9-22-7-5-12(6-8-22)23-11-19-10-20-23/h1-4,10-12,16H,5-9H2,(H,21,24). The minimum atomic E-state index is -4.80. The van der Waals surface area contributed by atoms with E-state index in [9.17, 15) is 22.0 Å². The van der Waals surface area contributed by atoms with E-state index in [2.05, 4.69) is 15.4 Å². The summed E-state index contributed by atoms with van der Waals surface area (Å²) in [4.78, 5) is 17.5. The van der Waals surface area contributed by atoms with Crippen LogP contribution in [0.4, 0.5) is 14.5 Å². The Morgan fingerprint density at radius 1 is 1.26 bits per heavy atom. The monoisotopic (exact) mass is 399 g/mol. The number of nitrogens with one attached hydrogen (secondary N) is 1. The zero-order valence-corrected chi connectivity index (χ0v) is 15.1. The van der Waals surface area contributed by atoms with Crippen molar-refractivity contribution >= 4 is 21.4 Å². The molecule has 0 spiro atoms. The smallest absolute Gasteiger partial charge is 0.324 e. The van der Waals surface area contributed by atoms with Crippen LogP contribution in [0.3, 0.4) is 0 Å². The fraction of sp³-hybridized carbons (Fsp3) is 0.438. The van der Waals surface area contributed by atoms with Crippen LogP contribution in [0.1, 0.15) is 18.9 Å². The van der Waals surface area contributed by atoms with Crippen LogP contribution in [0.2, 0.25) is 0 Å². The van der Waals surface area contributed by atoms with Crippen molar-refractivity contribution in [2.75, 3.05) is 25.0 Å². The second kappa shape index (κ2) is 8.09. The molecule has 27 heavy (non-hydrogen) atoms. The lowest BCUT2D eigenvalue weighted by Gasteiger charge is -2.31. The highest BCUT2D eigenvalue weighted by molar-refractivity contribution is 7.91. The molecule has 0 saturated carbocycles. The Labute approximate surface area is 155 Å². The molecule has 1 aliphatic rings. The third kappa shape index (κ3) is 4.48. The fourth-order valence-corrected chi connectivity index (χ4v) is 3.94. The van der Waals surface area contributed by atoms with Gasteiger partial charge in [0.1, 0.15) is 12.7 Å². The minimum Gasteiger partial charge on any atom is -0.324 e. The molecular formula is C16H19F2N5O3S. The van der Waals surface area contributed by atoms with Crippen molar-refractivity contribution in [2.45, 2.75) is 29.5 Å². The molecule has 1 aliphatic heterocycles. The van der Waals surface area contributed by atoms with E-state index in [-0.39, 0.29) is 18.3 Å². The van der Waals surface area contributed by atoms with Gasteiger partial charge in [0.15, 0.2) is 0 Å². The topological polar surface area (TPSA) is 97.2 Å². The largest absolute Gasteiger partial charge is 0.341 e. The van der Waals surface area contributed by atoms with E-state index in [1.54, 1.807) is 11.0 Å². The first kappa shape index (κ1) is 19.4. The van der Waals surface area contributed by atoms with Gasteiger partial charge in [-0.15, -0.1) is 0 Å². The number of aromatic nitrogens is 3. The number of sulfone groups is 1. The number of halogens is 2. The number of benzene rings is 1. The molecule has 1 amide bonds. The third-order valence-corrected chi connectivity index (χ3v) is 5.88. The summed E-state index contributed by atoms with van der Waals surface area (Å²) in [5.41, 5.74) is -0.139. The van der Waals surface area contributed by atoms with Crippen molar-refractivity contribution in [2.24, 2.45) is 0 Å². The molecule has 0 atom stereocenters. The average Bonchev–Trinajstić information content (AvgIpc) is 3.17. The van der Waals surface area contributed by atoms with Crippen molar-refractivity contribution in [1.82, 2.24) is 19.7 Å². The number of anilines is 1. The van der Waals surface area contributed by atoms with Crippen LogP contribution in [-0.4, -0.2) is 59.4 Å². The molecular weight excluding hydrogens is 380 g/mol. The maximum atomic E-state index is 12.8. The highest BCUT2D eigenvalue weighted by Gasteiger charge is 2.30. The summed E-state index contributed by atoms with van der Waals surface area (Å²) in [6.45, 7) is 1.37. The molecule has 1 N–H and O–H groups in total. The van der Waals surface area contributed by atoms with Gasteiger partial charge in [0, 0.05) is 13.1 Å². The normalized spacial score (nSPS) is 16.6. The molecule has 3 rings (SSSR count). The van der Waals surface area contributed by atoms with Crippen molar-refractivity contribution in [3.05, 3.63) is 36.9 Å². The first-order valence-electron chi connectivity index (χ1n) is 8.35. The molecule has 1 fully saturated rings. The van der Waals surface area contributed by atoms with Crippen LogP contribution in [0.15, 0.2) is 41.8 Å². The van der Waals surface area contributed by atoms with Gasteiger partial charge in [-0.05, 0) is 25.0 Å².